The molecule has 0 aliphatic rings. The summed E-state index contributed by atoms with van der Waals surface area (Å²) in [6.07, 6.45) is 1.44. The molecule has 46 valence electrons. The van der Waals surface area contributed by atoms with Gasteiger partial charge in [-0.1, -0.05) is 12.7 Å². The molecule has 0 aromatic carbocycles. The Kier molecular flexibility index (Phi) is 3.88. The van der Waals surface area contributed by atoms with Crippen molar-refractivity contribution in [1.82, 2.24) is 0 Å². The van der Waals surface area contributed by atoms with Crippen molar-refractivity contribution >= 4 is 5.97 Å². The minimum atomic E-state index is -0.620. The molecule has 0 fully saturated rings. The molecule has 0 atom stereocenters. The first-order chi connectivity index (χ1) is 3.81. The number of aliphatic hydroxyl groups is 1. The van der Waals surface area contributed by atoms with Gasteiger partial charge in [0.05, 0.1) is 0 Å². The van der Waals surface area contributed by atoms with E-state index in [1.807, 2.05) is 0 Å². The van der Waals surface area contributed by atoms with E-state index in [-0.39, 0.29) is 6.61 Å². The zero-order valence-corrected chi connectivity index (χ0v) is 4.46. The second-order valence-electron chi connectivity index (χ2n) is 1.13. The summed E-state index contributed by atoms with van der Waals surface area (Å²) in [5.74, 6) is -0.620. The van der Waals surface area contributed by atoms with E-state index in [1.165, 1.54) is 6.08 Å². The number of aliphatic hydroxyl groups excluding tert-OH is 1. The van der Waals surface area contributed by atoms with E-state index in [4.69, 9.17) is 5.11 Å². The Labute approximate surface area is 47.6 Å². The molecular formula is C5H8O3. The van der Waals surface area contributed by atoms with Gasteiger partial charge in [-0.05, 0) is 0 Å². The van der Waals surface area contributed by atoms with Crippen molar-refractivity contribution < 1.29 is 14.6 Å². The average Bonchev–Trinajstić information content (AvgIpc) is 1.83. The molecule has 0 unspecified atom stereocenters. The Hall–Kier alpha value is -0.830. The number of esters is 1. The molecule has 1 N–H and O–H groups in total. The van der Waals surface area contributed by atoms with Crippen LogP contribution < -0.4 is 0 Å². The highest BCUT2D eigenvalue weighted by atomic mass is 16.5. The Balaban J connectivity index is 3.11. The first kappa shape index (κ1) is 7.17. The van der Waals surface area contributed by atoms with E-state index in [1.54, 1.807) is 0 Å². The molecule has 0 radical (unpaired) electrons. The van der Waals surface area contributed by atoms with Gasteiger partial charge < -0.3 is 9.84 Å². The molecule has 0 aromatic rings. The third kappa shape index (κ3) is 3.36. The summed E-state index contributed by atoms with van der Waals surface area (Å²) in [4.78, 5) is 10.1. The van der Waals surface area contributed by atoms with Crippen molar-refractivity contribution in [2.24, 2.45) is 0 Å². The first-order valence-corrected chi connectivity index (χ1v) is 2.18. The third-order valence-electron chi connectivity index (χ3n) is 0.491. The third-order valence-corrected chi connectivity index (χ3v) is 0.491. The molecule has 8 heavy (non-hydrogen) atoms. The first-order valence-electron chi connectivity index (χ1n) is 2.18. The summed E-state index contributed by atoms with van der Waals surface area (Å²) >= 11 is 0. The Morgan fingerprint density at radius 2 is 2.50 bits per heavy atom. The number of carbonyl (C=O) groups is 1. The predicted octanol–water partition coefficient (Wildman–Crippen LogP) is -0.292. The zero-order valence-electron chi connectivity index (χ0n) is 4.46. The smallest absolute Gasteiger partial charge is 0.332 e. The van der Waals surface area contributed by atoms with Crippen LogP contribution in [0.1, 0.15) is 0 Å². The summed E-state index contributed by atoms with van der Waals surface area (Å²) in [7, 11) is 0. The molecule has 0 aromatic heterocycles. The van der Waals surface area contributed by atoms with Crippen LogP contribution in [0.2, 0.25) is 0 Å². The van der Waals surface area contributed by atoms with E-state index in [0.29, 0.717) is 0 Å². The van der Waals surface area contributed by atoms with Crippen LogP contribution in [-0.4, -0.2) is 24.3 Å². The lowest BCUT2D eigenvalue weighted by Gasteiger charge is -1.94. The molecule has 0 spiro atoms. The minimum absolute atomic E-state index is 0.166. The molecule has 0 amide bonds. The van der Waals surface area contributed by atoms with Crippen LogP contribution >= 0.6 is 0 Å². The molecule has 0 saturated carbocycles. The Bertz CT molecular complexity index is 87.7. The molecule has 0 saturated heterocycles. The summed E-state index contributed by atoms with van der Waals surface area (Å²) in [5, 5.41) is 8.05. The fourth-order valence-corrected chi connectivity index (χ4v) is 0.198. The highest BCUT2D eigenvalue weighted by Crippen LogP contribution is 1.74. The van der Waals surface area contributed by atoms with Crippen LogP contribution in [0.25, 0.3) is 0 Å². The van der Waals surface area contributed by atoms with Crippen LogP contribution in [0.15, 0.2) is 12.7 Å². The highest BCUT2D eigenvalue weighted by molar-refractivity contribution is 5.70. The van der Waals surface area contributed by atoms with Crippen LogP contribution in [0.4, 0.5) is 0 Å². The molecule has 0 aliphatic heterocycles. The number of carbonyl (C=O) groups excluding carboxylic acids is 1. The average molecular weight is 116 g/mol. The van der Waals surface area contributed by atoms with E-state index in [9.17, 15) is 4.79 Å². The van der Waals surface area contributed by atoms with E-state index < -0.39 is 12.6 Å². The van der Waals surface area contributed by atoms with Gasteiger partial charge in [0.15, 0.2) is 0 Å². The lowest BCUT2D eigenvalue weighted by molar-refractivity contribution is -0.145. The van der Waals surface area contributed by atoms with Crippen LogP contribution in [0, 0.1) is 0 Å². The molecular weight excluding hydrogens is 108 g/mol. The fraction of sp³-hybridized carbons (Fsp3) is 0.400. The Morgan fingerprint density at radius 1 is 1.88 bits per heavy atom. The molecule has 3 heteroatoms. The van der Waals surface area contributed by atoms with Crippen LogP contribution in [0.5, 0.6) is 0 Å². The number of ether oxygens (including phenoxy) is 1. The predicted molar refractivity (Wildman–Crippen MR) is 28.2 cm³/mol. The second kappa shape index (κ2) is 4.33. The SMILES string of the molecule is C=CCOC(=O)CO. The number of hydrogen-bond donors (Lipinski definition) is 1. The lowest BCUT2D eigenvalue weighted by Crippen LogP contribution is -2.08. The summed E-state index contributed by atoms with van der Waals surface area (Å²) in [6, 6.07) is 0. The quantitative estimate of drug-likeness (QED) is 0.407. The summed E-state index contributed by atoms with van der Waals surface area (Å²) < 4.78 is 4.33. The monoisotopic (exact) mass is 116 g/mol. The largest absolute Gasteiger partial charge is 0.460 e. The van der Waals surface area contributed by atoms with Crippen LogP contribution in [-0.2, 0) is 9.53 Å². The van der Waals surface area contributed by atoms with Crippen molar-refractivity contribution in [1.29, 1.82) is 0 Å². The normalized spacial score (nSPS) is 8.12. The molecule has 0 rings (SSSR count). The van der Waals surface area contributed by atoms with Gasteiger partial charge in [0.1, 0.15) is 13.2 Å². The van der Waals surface area contributed by atoms with E-state index in [2.05, 4.69) is 11.3 Å². The standard InChI is InChI=1S/C5H8O3/c1-2-3-8-5(7)4-6/h2,6H,1,3-4H2. The summed E-state index contributed by atoms with van der Waals surface area (Å²) in [6.45, 7) is 2.91. The van der Waals surface area contributed by atoms with Crippen molar-refractivity contribution in [2.75, 3.05) is 13.2 Å². The maximum absolute atomic E-state index is 10.1. The lowest BCUT2D eigenvalue weighted by atomic mass is 10.7. The van der Waals surface area contributed by atoms with E-state index >= 15 is 0 Å². The fourth-order valence-electron chi connectivity index (χ4n) is 0.198. The maximum atomic E-state index is 10.1. The van der Waals surface area contributed by atoms with Gasteiger partial charge in [-0.3, -0.25) is 0 Å². The number of hydrogen-bond acceptors (Lipinski definition) is 3. The summed E-state index contributed by atoms with van der Waals surface area (Å²) in [5.41, 5.74) is 0. The molecule has 3 nitrogen and oxygen atoms in total. The van der Waals surface area contributed by atoms with Crippen molar-refractivity contribution in [3.8, 4) is 0 Å². The van der Waals surface area contributed by atoms with Crippen molar-refractivity contribution in [3.05, 3.63) is 12.7 Å². The van der Waals surface area contributed by atoms with Gasteiger partial charge in [0.25, 0.3) is 0 Å². The zero-order chi connectivity index (χ0) is 6.41. The highest BCUT2D eigenvalue weighted by Gasteiger charge is 1.93. The van der Waals surface area contributed by atoms with Gasteiger partial charge in [-0.2, -0.15) is 0 Å². The minimum Gasteiger partial charge on any atom is -0.460 e. The molecule has 0 bridgehead atoms. The van der Waals surface area contributed by atoms with Gasteiger partial charge >= 0.3 is 5.97 Å². The van der Waals surface area contributed by atoms with Crippen LogP contribution in [0.3, 0.4) is 0 Å². The Morgan fingerprint density at radius 3 is 2.88 bits per heavy atom. The van der Waals surface area contributed by atoms with Crippen molar-refractivity contribution in [3.63, 3.8) is 0 Å². The van der Waals surface area contributed by atoms with Gasteiger partial charge in [-0.25, -0.2) is 4.79 Å². The topological polar surface area (TPSA) is 46.5 Å². The molecule has 0 heterocycles. The maximum Gasteiger partial charge on any atom is 0.332 e. The van der Waals surface area contributed by atoms with Gasteiger partial charge in [0, 0.05) is 0 Å². The van der Waals surface area contributed by atoms with Gasteiger partial charge in [0.2, 0.25) is 0 Å². The van der Waals surface area contributed by atoms with Gasteiger partial charge in [-0.15, -0.1) is 0 Å². The van der Waals surface area contributed by atoms with Crippen molar-refractivity contribution in [2.45, 2.75) is 0 Å². The number of rotatable bonds is 3. The van der Waals surface area contributed by atoms with E-state index in [0.717, 1.165) is 0 Å². The molecule has 0 aliphatic carbocycles. The second-order valence-corrected chi connectivity index (χ2v) is 1.13.